The van der Waals surface area contributed by atoms with Crippen LogP contribution in [0.2, 0.25) is 0 Å². The third-order valence-corrected chi connectivity index (χ3v) is 4.38. The van der Waals surface area contributed by atoms with Gasteiger partial charge in [-0.15, -0.1) is 0 Å². The molecule has 3 rings (SSSR count). The van der Waals surface area contributed by atoms with E-state index < -0.39 is 0 Å². The van der Waals surface area contributed by atoms with Crippen LogP contribution in [0.1, 0.15) is 21.1 Å². The minimum atomic E-state index is -0.330. The van der Waals surface area contributed by atoms with Gasteiger partial charge < -0.3 is 20.1 Å². The molecule has 0 bridgehead atoms. The van der Waals surface area contributed by atoms with Crippen LogP contribution in [-0.4, -0.2) is 85.8 Å². The van der Waals surface area contributed by atoms with Crippen LogP contribution >= 0.6 is 0 Å². The SMILES string of the molecule is COCCNC(=O)c1nc(C(=O)NCCN2CCOCC2)n2ccccc12. The Kier molecular flexibility index (Phi) is 6.74. The molecule has 0 atom stereocenters. The van der Waals surface area contributed by atoms with Gasteiger partial charge in [0.2, 0.25) is 5.82 Å². The summed E-state index contributed by atoms with van der Waals surface area (Å²) in [6.45, 7) is 5.23. The number of nitrogens with one attached hydrogen (secondary N) is 2. The summed E-state index contributed by atoms with van der Waals surface area (Å²) in [5.41, 5.74) is 0.816. The lowest BCUT2D eigenvalue weighted by atomic mass is 10.3. The molecule has 1 fully saturated rings. The van der Waals surface area contributed by atoms with Gasteiger partial charge in [0.05, 0.1) is 25.3 Å². The number of methoxy groups -OCH3 is 1. The number of hydrogen-bond donors (Lipinski definition) is 2. The number of nitrogens with zero attached hydrogens (tertiary/aromatic N) is 3. The van der Waals surface area contributed by atoms with Crippen molar-refractivity contribution >= 4 is 17.3 Å². The number of imidazole rings is 1. The van der Waals surface area contributed by atoms with Crippen molar-refractivity contribution in [1.82, 2.24) is 24.9 Å². The van der Waals surface area contributed by atoms with E-state index >= 15 is 0 Å². The minimum absolute atomic E-state index is 0.199. The summed E-state index contributed by atoms with van der Waals surface area (Å²) >= 11 is 0. The molecule has 0 saturated carbocycles. The second-order valence-electron chi connectivity index (χ2n) is 6.20. The number of carbonyl (C=O) groups excluding carboxylic acids is 2. The fraction of sp³-hybridized carbons (Fsp3) is 0.500. The molecule has 1 aliphatic rings. The smallest absolute Gasteiger partial charge is 0.287 e. The van der Waals surface area contributed by atoms with Crippen molar-refractivity contribution in [2.24, 2.45) is 0 Å². The van der Waals surface area contributed by atoms with Crippen LogP contribution in [0.15, 0.2) is 24.4 Å². The molecule has 2 amide bonds. The molecule has 2 aromatic heterocycles. The maximum absolute atomic E-state index is 12.6. The Labute approximate surface area is 157 Å². The molecule has 0 aliphatic carbocycles. The number of amides is 2. The monoisotopic (exact) mass is 375 g/mol. The Morgan fingerprint density at radius 1 is 1.19 bits per heavy atom. The lowest BCUT2D eigenvalue weighted by Gasteiger charge is -2.26. The number of fused-ring (bicyclic) bond motifs is 1. The Morgan fingerprint density at radius 3 is 2.74 bits per heavy atom. The van der Waals surface area contributed by atoms with Gasteiger partial charge in [0.1, 0.15) is 0 Å². The van der Waals surface area contributed by atoms with Crippen LogP contribution in [0.25, 0.3) is 5.52 Å². The molecule has 27 heavy (non-hydrogen) atoms. The minimum Gasteiger partial charge on any atom is -0.383 e. The second-order valence-corrected chi connectivity index (χ2v) is 6.20. The highest BCUT2D eigenvalue weighted by molar-refractivity contribution is 6.02. The van der Waals surface area contributed by atoms with E-state index in [4.69, 9.17) is 9.47 Å². The molecule has 2 N–H and O–H groups in total. The van der Waals surface area contributed by atoms with E-state index in [2.05, 4.69) is 20.5 Å². The van der Waals surface area contributed by atoms with Gasteiger partial charge >= 0.3 is 0 Å². The molecule has 0 aromatic carbocycles. The molecule has 9 nitrogen and oxygen atoms in total. The third-order valence-electron chi connectivity index (χ3n) is 4.38. The topological polar surface area (TPSA) is 97.2 Å². The first kappa shape index (κ1) is 19.3. The van der Waals surface area contributed by atoms with E-state index in [0.717, 1.165) is 32.8 Å². The molecule has 146 valence electrons. The number of rotatable bonds is 8. The number of aromatic nitrogens is 2. The highest BCUT2D eigenvalue weighted by Gasteiger charge is 2.21. The largest absolute Gasteiger partial charge is 0.383 e. The maximum Gasteiger partial charge on any atom is 0.287 e. The van der Waals surface area contributed by atoms with Crippen molar-refractivity contribution in [1.29, 1.82) is 0 Å². The van der Waals surface area contributed by atoms with Gasteiger partial charge in [-0.05, 0) is 12.1 Å². The lowest BCUT2D eigenvalue weighted by molar-refractivity contribution is 0.0383. The molecule has 0 radical (unpaired) electrons. The average Bonchev–Trinajstić information content (AvgIpc) is 3.09. The Balaban J connectivity index is 1.68. The third kappa shape index (κ3) is 4.82. The predicted molar refractivity (Wildman–Crippen MR) is 99.0 cm³/mol. The van der Waals surface area contributed by atoms with Crippen LogP contribution in [0.5, 0.6) is 0 Å². The molecule has 2 aromatic rings. The summed E-state index contributed by atoms with van der Waals surface area (Å²) in [6, 6.07) is 5.37. The van der Waals surface area contributed by atoms with Gasteiger partial charge in [-0.2, -0.15) is 0 Å². The van der Waals surface area contributed by atoms with Gasteiger partial charge in [0, 0.05) is 46.0 Å². The van der Waals surface area contributed by atoms with E-state index in [1.54, 1.807) is 29.8 Å². The number of hydrogen-bond acceptors (Lipinski definition) is 6. The number of carbonyl (C=O) groups is 2. The van der Waals surface area contributed by atoms with Crippen molar-refractivity contribution in [2.45, 2.75) is 0 Å². The number of morpholine rings is 1. The van der Waals surface area contributed by atoms with Crippen molar-refractivity contribution in [2.75, 3.05) is 59.7 Å². The van der Waals surface area contributed by atoms with Crippen molar-refractivity contribution in [3.8, 4) is 0 Å². The van der Waals surface area contributed by atoms with Gasteiger partial charge in [0.15, 0.2) is 5.69 Å². The summed E-state index contributed by atoms with van der Waals surface area (Å²) < 4.78 is 11.9. The zero-order chi connectivity index (χ0) is 19.1. The fourth-order valence-electron chi connectivity index (χ4n) is 2.95. The zero-order valence-corrected chi connectivity index (χ0v) is 15.4. The molecule has 3 heterocycles. The number of pyridine rings is 1. The van der Waals surface area contributed by atoms with E-state index in [1.807, 2.05) is 6.07 Å². The van der Waals surface area contributed by atoms with Gasteiger partial charge in [-0.3, -0.25) is 18.9 Å². The highest BCUT2D eigenvalue weighted by atomic mass is 16.5. The van der Waals surface area contributed by atoms with E-state index in [-0.39, 0.29) is 23.3 Å². The molecule has 0 spiro atoms. The van der Waals surface area contributed by atoms with Crippen LogP contribution in [-0.2, 0) is 9.47 Å². The van der Waals surface area contributed by atoms with E-state index in [9.17, 15) is 9.59 Å². The maximum atomic E-state index is 12.6. The first-order chi connectivity index (χ1) is 13.2. The Morgan fingerprint density at radius 2 is 1.96 bits per heavy atom. The summed E-state index contributed by atoms with van der Waals surface area (Å²) in [4.78, 5) is 31.5. The summed E-state index contributed by atoms with van der Waals surface area (Å²) in [5, 5.41) is 5.63. The summed E-state index contributed by atoms with van der Waals surface area (Å²) in [7, 11) is 1.57. The first-order valence-electron chi connectivity index (χ1n) is 9.03. The van der Waals surface area contributed by atoms with Crippen molar-refractivity contribution < 1.29 is 19.1 Å². The van der Waals surface area contributed by atoms with Crippen LogP contribution in [0, 0.1) is 0 Å². The van der Waals surface area contributed by atoms with Gasteiger partial charge in [0.25, 0.3) is 11.8 Å². The first-order valence-corrected chi connectivity index (χ1v) is 9.03. The van der Waals surface area contributed by atoms with E-state index in [0.29, 0.717) is 25.2 Å². The normalized spacial score (nSPS) is 15.0. The Hall–Kier alpha value is -2.49. The van der Waals surface area contributed by atoms with Gasteiger partial charge in [-0.25, -0.2) is 4.98 Å². The molecule has 0 unspecified atom stereocenters. The van der Waals surface area contributed by atoms with Gasteiger partial charge in [-0.1, -0.05) is 6.07 Å². The average molecular weight is 375 g/mol. The quantitative estimate of drug-likeness (QED) is 0.619. The summed E-state index contributed by atoms with van der Waals surface area (Å²) in [6.07, 6.45) is 1.73. The summed E-state index contributed by atoms with van der Waals surface area (Å²) in [5.74, 6) is -0.437. The molecular formula is C18H25N5O4. The highest BCUT2D eigenvalue weighted by Crippen LogP contribution is 2.13. The predicted octanol–water partition coefficient (Wildman–Crippen LogP) is -0.227. The Bertz CT molecular complexity index is 785. The van der Waals surface area contributed by atoms with Crippen molar-refractivity contribution in [3.63, 3.8) is 0 Å². The van der Waals surface area contributed by atoms with Crippen molar-refractivity contribution in [3.05, 3.63) is 35.9 Å². The van der Waals surface area contributed by atoms with Crippen LogP contribution < -0.4 is 10.6 Å². The van der Waals surface area contributed by atoms with Crippen LogP contribution in [0.3, 0.4) is 0 Å². The van der Waals surface area contributed by atoms with E-state index in [1.165, 1.54) is 0 Å². The second kappa shape index (κ2) is 9.45. The molecule has 1 aliphatic heterocycles. The molecule has 9 heteroatoms. The lowest BCUT2D eigenvalue weighted by Crippen LogP contribution is -2.41. The zero-order valence-electron chi connectivity index (χ0n) is 15.4. The standard InChI is InChI=1S/C18H25N5O4/c1-26-11-6-20-17(24)15-14-4-2-3-7-23(14)16(21-15)18(25)19-5-8-22-9-12-27-13-10-22/h2-4,7H,5-6,8-13H2,1H3,(H,19,25)(H,20,24). The van der Waals surface area contributed by atoms with Crippen LogP contribution in [0.4, 0.5) is 0 Å². The molecular weight excluding hydrogens is 350 g/mol. The molecule has 1 saturated heterocycles. The number of ether oxygens (including phenoxy) is 2. The fourth-order valence-corrected chi connectivity index (χ4v) is 2.95.